The second kappa shape index (κ2) is 5.32. The van der Waals surface area contributed by atoms with Gasteiger partial charge in [0.2, 0.25) is 0 Å². The van der Waals surface area contributed by atoms with Gasteiger partial charge in [0.25, 0.3) is 0 Å². The molecule has 0 atom stereocenters. The Bertz CT molecular complexity index is 1160. The first-order valence-electron chi connectivity index (χ1n) is 8.44. The van der Waals surface area contributed by atoms with Crippen LogP contribution in [0, 0.1) is 11.3 Å². The molecule has 25 heavy (non-hydrogen) atoms. The monoisotopic (exact) mass is 321 g/mol. The van der Waals surface area contributed by atoms with E-state index >= 15 is 0 Å². The number of aromatic amines is 1. The number of hydrogen-bond donors (Lipinski definition) is 1. The lowest BCUT2D eigenvalue weighted by Crippen LogP contribution is -1.87. The SMILES string of the molecule is N#C/C(=C\c1ccc2c3c(cccc13)CC2)c1nc2ccccc2[nH]1. The van der Waals surface area contributed by atoms with Crippen molar-refractivity contribution in [3.63, 3.8) is 0 Å². The molecule has 0 radical (unpaired) electrons. The summed E-state index contributed by atoms with van der Waals surface area (Å²) in [4.78, 5) is 7.81. The molecule has 1 aliphatic carbocycles. The summed E-state index contributed by atoms with van der Waals surface area (Å²) in [6, 6.07) is 20.9. The van der Waals surface area contributed by atoms with E-state index in [1.165, 1.54) is 21.9 Å². The number of aryl methyl sites for hydroxylation is 2. The Balaban J connectivity index is 1.70. The molecule has 118 valence electrons. The molecule has 4 aromatic rings. The number of hydrogen-bond acceptors (Lipinski definition) is 2. The molecule has 0 unspecified atom stereocenters. The molecule has 0 fully saturated rings. The third-order valence-electron chi connectivity index (χ3n) is 4.98. The minimum absolute atomic E-state index is 0.551. The van der Waals surface area contributed by atoms with E-state index < -0.39 is 0 Å². The standard InChI is InChI=1S/C22H15N3/c23-13-17(22-24-19-6-1-2-7-20(19)25-22)12-16-11-10-15-9-8-14-4-3-5-18(16)21(14)15/h1-7,10-12H,8-9H2,(H,24,25)/b17-12+. The number of allylic oxidation sites excluding steroid dienone is 1. The topological polar surface area (TPSA) is 52.5 Å². The van der Waals surface area contributed by atoms with Crippen molar-refractivity contribution in [2.45, 2.75) is 12.8 Å². The maximum Gasteiger partial charge on any atom is 0.149 e. The number of rotatable bonds is 2. The summed E-state index contributed by atoms with van der Waals surface area (Å²) in [5, 5.41) is 12.3. The van der Waals surface area contributed by atoms with E-state index in [0.29, 0.717) is 11.4 Å². The van der Waals surface area contributed by atoms with Crippen LogP contribution in [-0.4, -0.2) is 9.97 Å². The second-order valence-electron chi connectivity index (χ2n) is 6.43. The zero-order chi connectivity index (χ0) is 16.8. The average Bonchev–Trinajstić information content (AvgIpc) is 3.26. The summed E-state index contributed by atoms with van der Waals surface area (Å²) < 4.78 is 0. The molecule has 0 amide bonds. The maximum absolute atomic E-state index is 9.68. The molecule has 0 aliphatic heterocycles. The average molecular weight is 321 g/mol. The number of nitriles is 1. The van der Waals surface area contributed by atoms with Crippen molar-refractivity contribution in [2.75, 3.05) is 0 Å². The van der Waals surface area contributed by atoms with E-state index in [1.54, 1.807) is 0 Å². The molecule has 0 saturated heterocycles. The lowest BCUT2D eigenvalue weighted by molar-refractivity contribution is 1.02. The van der Waals surface area contributed by atoms with Gasteiger partial charge in [-0.25, -0.2) is 4.98 Å². The predicted molar refractivity (Wildman–Crippen MR) is 101 cm³/mol. The van der Waals surface area contributed by atoms with Gasteiger partial charge in [0, 0.05) is 0 Å². The largest absolute Gasteiger partial charge is 0.337 e. The highest BCUT2D eigenvalue weighted by Crippen LogP contribution is 2.34. The summed E-state index contributed by atoms with van der Waals surface area (Å²) in [5.41, 5.74) is 6.25. The number of nitrogens with one attached hydrogen (secondary N) is 1. The van der Waals surface area contributed by atoms with E-state index in [2.05, 4.69) is 46.4 Å². The van der Waals surface area contributed by atoms with Crippen molar-refractivity contribution in [1.82, 2.24) is 9.97 Å². The Morgan fingerprint density at radius 1 is 1.00 bits per heavy atom. The Morgan fingerprint density at radius 2 is 1.84 bits per heavy atom. The number of H-pyrrole nitrogens is 1. The third kappa shape index (κ3) is 2.15. The molecule has 1 heterocycles. The molecule has 0 spiro atoms. The van der Waals surface area contributed by atoms with Crippen molar-refractivity contribution in [3.05, 3.63) is 77.1 Å². The molecule has 1 aliphatic rings. The van der Waals surface area contributed by atoms with Crippen molar-refractivity contribution in [2.24, 2.45) is 0 Å². The molecule has 3 nitrogen and oxygen atoms in total. The molecular weight excluding hydrogens is 306 g/mol. The van der Waals surface area contributed by atoms with Crippen LogP contribution >= 0.6 is 0 Å². The molecule has 5 rings (SSSR count). The van der Waals surface area contributed by atoms with Gasteiger partial charge < -0.3 is 4.98 Å². The van der Waals surface area contributed by atoms with Crippen LogP contribution in [0.15, 0.2) is 54.6 Å². The van der Waals surface area contributed by atoms with Gasteiger partial charge in [-0.05, 0) is 58.5 Å². The molecule has 0 bridgehead atoms. The number of aromatic nitrogens is 2. The highest BCUT2D eigenvalue weighted by molar-refractivity contribution is 6.01. The minimum Gasteiger partial charge on any atom is -0.337 e. The lowest BCUT2D eigenvalue weighted by atomic mass is 9.98. The molecule has 3 aromatic carbocycles. The van der Waals surface area contributed by atoms with Crippen LogP contribution in [0.4, 0.5) is 0 Å². The Morgan fingerprint density at radius 3 is 2.68 bits per heavy atom. The first kappa shape index (κ1) is 14.0. The molecule has 1 N–H and O–H groups in total. The fourth-order valence-corrected chi connectivity index (χ4v) is 3.78. The summed E-state index contributed by atoms with van der Waals surface area (Å²) in [6.45, 7) is 0. The van der Waals surface area contributed by atoms with Gasteiger partial charge in [-0.2, -0.15) is 5.26 Å². The van der Waals surface area contributed by atoms with Crippen LogP contribution in [0.2, 0.25) is 0 Å². The van der Waals surface area contributed by atoms with Gasteiger partial charge in [0.15, 0.2) is 0 Å². The summed E-state index contributed by atoms with van der Waals surface area (Å²) in [5.74, 6) is 0.618. The van der Waals surface area contributed by atoms with Crippen molar-refractivity contribution < 1.29 is 0 Å². The van der Waals surface area contributed by atoms with Crippen LogP contribution in [0.25, 0.3) is 33.5 Å². The van der Waals surface area contributed by atoms with Crippen LogP contribution in [0.5, 0.6) is 0 Å². The number of fused-ring (bicyclic) bond motifs is 1. The predicted octanol–water partition coefficient (Wildman–Crippen LogP) is 4.88. The summed E-state index contributed by atoms with van der Waals surface area (Å²) >= 11 is 0. The van der Waals surface area contributed by atoms with Gasteiger partial charge in [-0.1, -0.05) is 42.5 Å². The smallest absolute Gasteiger partial charge is 0.149 e. The van der Waals surface area contributed by atoms with Crippen LogP contribution in [-0.2, 0) is 12.8 Å². The molecule has 3 heteroatoms. The third-order valence-corrected chi connectivity index (χ3v) is 4.98. The van der Waals surface area contributed by atoms with Crippen LogP contribution in [0.3, 0.4) is 0 Å². The minimum atomic E-state index is 0.551. The summed E-state index contributed by atoms with van der Waals surface area (Å²) in [6.07, 6.45) is 4.15. The zero-order valence-corrected chi connectivity index (χ0v) is 13.6. The lowest BCUT2D eigenvalue weighted by Gasteiger charge is -2.06. The number of para-hydroxylation sites is 2. The number of imidazole rings is 1. The van der Waals surface area contributed by atoms with Gasteiger partial charge in [-0.15, -0.1) is 0 Å². The highest BCUT2D eigenvalue weighted by atomic mass is 14.9. The first-order chi connectivity index (χ1) is 12.3. The number of benzene rings is 3. The fourth-order valence-electron chi connectivity index (χ4n) is 3.78. The fraction of sp³-hybridized carbons (Fsp3) is 0.0909. The van der Waals surface area contributed by atoms with E-state index in [4.69, 9.17) is 0 Å². The summed E-state index contributed by atoms with van der Waals surface area (Å²) in [7, 11) is 0. The molecule has 1 aromatic heterocycles. The normalized spacial score (nSPS) is 13.5. The Kier molecular flexibility index (Phi) is 2.98. The van der Waals surface area contributed by atoms with Gasteiger partial charge in [-0.3, -0.25) is 0 Å². The van der Waals surface area contributed by atoms with Crippen LogP contribution < -0.4 is 0 Å². The van der Waals surface area contributed by atoms with Gasteiger partial charge >= 0.3 is 0 Å². The highest BCUT2D eigenvalue weighted by Gasteiger charge is 2.16. The van der Waals surface area contributed by atoms with Crippen molar-refractivity contribution in [3.8, 4) is 6.07 Å². The van der Waals surface area contributed by atoms with Crippen molar-refractivity contribution in [1.29, 1.82) is 5.26 Å². The second-order valence-corrected chi connectivity index (χ2v) is 6.43. The molecule has 0 saturated carbocycles. The van der Waals surface area contributed by atoms with Gasteiger partial charge in [0.05, 0.1) is 16.6 Å². The maximum atomic E-state index is 9.68. The zero-order valence-electron chi connectivity index (χ0n) is 13.6. The van der Waals surface area contributed by atoms with E-state index in [9.17, 15) is 5.26 Å². The van der Waals surface area contributed by atoms with E-state index in [-0.39, 0.29) is 0 Å². The van der Waals surface area contributed by atoms with E-state index in [0.717, 1.165) is 29.4 Å². The number of nitrogens with zero attached hydrogens (tertiary/aromatic N) is 2. The molecular formula is C22H15N3. The van der Waals surface area contributed by atoms with E-state index in [1.807, 2.05) is 30.3 Å². The Labute approximate surface area is 145 Å². The quantitative estimate of drug-likeness (QED) is 0.535. The first-order valence-corrected chi connectivity index (χ1v) is 8.44. The van der Waals surface area contributed by atoms with Crippen LogP contribution in [0.1, 0.15) is 22.5 Å². The van der Waals surface area contributed by atoms with Crippen molar-refractivity contribution >= 4 is 33.5 Å². The Hall–Kier alpha value is -3.38. The van der Waals surface area contributed by atoms with Gasteiger partial charge in [0.1, 0.15) is 11.9 Å².